The standard InChI is InChI=1S/C56H62N2O7S/c1-3-32-62-56-52(58(55(61)40-22-23-40)36-42-19-13-18-39-16-7-8-20-46(39)42)35-50(57-63-37-38-14-5-4-6-15-38)48-33-41(17-9-11-30-59)47(21-10-12-31-60)53(54(48)56)49-34-44(26-29-51(49)65-56)64-43-24-27-45(66-2)28-25-43/h3-8,13-16,18-20,24-29,33-34,40-41,47,52-54,59-60H,1,9-12,17,21-23,30-32,35-37H2,2H3/t41-,47+,52-,53+,54+,56+/m0/s1. The molecule has 2 fully saturated rings. The molecule has 2 N–H and O–H groups in total. The number of hydrogen-bond acceptors (Lipinski definition) is 9. The number of oxime groups is 1. The Morgan fingerprint density at radius 3 is 2.39 bits per heavy atom. The smallest absolute Gasteiger partial charge is 0.239 e. The normalized spacial score (nSPS) is 23.6. The van der Waals surface area contributed by atoms with Crippen LogP contribution >= 0.6 is 11.8 Å². The maximum Gasteiger partial charge on any atom is 0.239 e. The van der Waals surface area contributed by atoms with Gasteiger partial charge in [0.2, 0.25) is 11.7 Å². The first-order valence-electron chi connectivity index (χ1n) is 23.8. The van der Waals surface area contributed by atoms with Crippen molar-refractivity contribution in [2.24, 2.45) is 28.8 Å². The van der Waals surface area contributed by atoms with Crippen LogP contribution in [0.1, 0.15) is 80.4 Å². The lowest BCUT2D eigenvalue weighted by molar-refractivity contribution is -0.258. The summed E-state index contributed by atoms with van der Waals surface area (Å²) in [5.74, 6) is 0.382. The Labute approximate surface area is 393 Å². The van der Waals surface area contributed by atoms with E-state index in [4.69, 9.17) is 24.2 Å². The van der Waals surface area contributed by atoms with Crippen molar-refractivity contribution in [1.82, 2.24) is 4.90 Å². The van der Waals surface area contributed by atoms with Gasteiger partial charge in [-0.15, -0.1) is 18.3 Å². The van der Waals surface area contributed by atoms with E-state index < -0.39 is 17.7 Å². The summed E-state index contributed by atoms with van der Waals surface area (Å²) >= 11 is 1.69. The molecule has 0 saturated heterocycles. The zero-order valence-corrected chi connectivity index (χ0v) is 38.7. The number of fused-ring (bicyclic) bond motifs is 3. The number of unbranched alkanes of at least 4 members (excludes halogenated alkanes) is 2. The van der Waals surface area contributed by atoms with Crippen molar-refractivity contribution >= 4 is 34.2 Å². The molecular weight excluding hydrogens is 845 g/mol. The lowest BCUT2D eigenvalue weighted by Crippen LogP contribution is -2.70. The number of nitrogens with zero attached hydrogens (tertiary/aromatic N) is 2. The maximum atomic E-state index is 15.2. The summed E-state index contributed by atoms with van der Waals surface area (Å²) in [6.45, 7) is 5.21. The molecule has 1 heterocycles. The van der Waals surface area contributed by atoms with E-state index in [2.05, 4.69) is 78.4 Å². The van der Waals surface area contributed by atoms with Crippen LogP contribution in [0, 0.1) is 23.7 Å². The Kier molecular flexibility index (Phi) is 14.6. The van der Waals surface area contributed by atoms with Crippen molar-refractivity contribution in [2.75, 3.05) is 26.1 Å². The van der Waals surface area contributed by atoms with Crippen LogP contribution < -0.4 is 9.47 Å². The van der Waals surface area contributed by atoms with Gasteiger partial charge in [-0.25, -0.2) is 0 Å². The molecule has 3 aliphatic carbocycles. The second kappa shape index (κ2) is 21.1. The third-order valence-electron chi connectivity index (χ3n) is 14.0. The van der Waals surface area contributed by atoms with Crippen LogP contribution in [0.25, 0.3) is 10.8 Å². The van der Waals surface area contributed by atoms with Crippen molar-refractivity contribution in [3.05, 3.63) is 156 Å². The second-order valence-electron chi connectivity index (χ2n) is 18.2. The molecule has 4 aliphatic rings. The first kappa shape index (κ1) is 45.8. The van der Waals surface area contributed by atoms with Crippen molar-refractivity contribution in [3.8, 4) is 17.2 Å². The third kappa shape index (κ3) is 9.70. The highest BCUT2D eigenvalue weighted by molar-refractivity contribution is 7.98. The Hall–Kier alpha value is -5.39. The number of ether oxygens (including phenoxy) is 3. The molecule has 0 aromatic heterocycles. The molecule has 66 heavy (non-hydrogen) atoms. The number of rotatable bonds is 21. The highest BCUT2D eigenvalue weighted by atomic mass is 32.2. The Morgan fingerprint density at radius 1 is 0.894 bits per heavy atom. The second-order valence-corrected chi connectivity index (χ2v) is 19.1. The molecule has 0 unspecified atom stereocenters. The molecule has 344 valence electrons. The predicted octanol–water partition coefficient (Wildman–Crippen LogP) is 11.6. The molecule has 9 rings (SSSR count). The van der Waals surface area contributed by atoms with Crippen LogP contribution in [0.5, 0.6) is 17.2 Å². The van der Waals surface area contributed by atoms with E-state index in [9.17, 15) is 10.2 Å². The molecule has 2 saturated carbocycles. The summed E-state index contributed by atoms with van der Waals surface area (Å²) in [5.41, 5.74) is 4.86. The van der Waals surface area contributed by atoms with Gasteiger partial charge in [0.1, 0.15) is 29.9 Å². The number of aliphatic hydroxyl groups is 2. The van der Waals surface area contributed by atoms with Crippen LogP contribution in [-0.2, 0) is 27.5 Å². The van der Waals surface area contributed by atoms with E-state index in [0.29, 0.717) is 37.3 Å². The van der Waals surface area contributed by atoms with Crippen molar-refractivity contribution in [3.63, 3.8) is 0 Å². The van der Waals surface area contributed by atoms with Crippen molar-refractivity contribution in [1.29, 1.82) is 0 Å². The van der Waals surface area contributed by atoms with Crippen LogP contribution in [0.4, 0.5) is 0 Å². The lowest BCUT2D eigenvalue weighted by atomic mass is 9.55. The SMILES string of the molecule is C=CCO[C@@]12Oc3ccc(Oc4ccc(SC)cc4)cc3[C@H]3[C@H](CCCCO)[C@@H](CCCCO)C=C(C(=NOCc4ccccc4)C[C@@H]1N(Cc1cccc4ccccc14)C(=O)C1CC1)[C@H]32. The molecule has 5 aromatic carbocycles. The van der Waals surface area contributed by atoms with E-state index in [1.165, 1.54) is 0 Å². The molecule has 10 heteroatoms. The Morgan fingerprint density at radius 2 is 1.64 bits per heavy atom. The van der Waals surface area contributed by atoms with Gasteiger partial charge in [0.15, 0.2) is 0 Å². The van der Waals surface area contributed by atoms with Gasteiger partial charge in [0.05, 0.1) is 18.2 Å². The molecule has 6 atom stereocenters. The molecule has 0 radical (unpaired) electrons. The molecule has 1 aliphatic heterocycles. The van der Waals surface area contributed by atoms with Crippen LogP contribution in [0.3, 0.4) is 0 Å². The van der Waals surface area contributed by atoms with E-state index >= 15 is 4.79 Å². The first-order chi connectivity index (χ1) is 32.4. The average Bonchev–Trinajstić information content (AvgIpc) is 4.21. The number of aliphatic hydroxyl groups excluding tert-OH is 2. The number of thioether (sulfide) groups is 1. The summed E-state index contributed by atoms with van der Waals surface area (Å²) < 4.78 is 21.5. The Bertz CT molecular complexity index is 2520. The molecule has 0 spiro atoms. The van der Waals surface area contributed by atoms with Gasteiger partial charge in [-0.1, -0.05) is 103 Å². The van der Waals surface area contributed by atoms with Crippen LogP contribution in [-0.4, -0.2) is 64.6 Å². The maximum absolute atomic E-state index is 15.2. The summed E-state index contributed by atoms with van der Waals surface area (Å²) in [6.07, 6.45) is 13.0. The van der Waals surface area contributed by atoms with Crippen LogP contribution in [0.15, 0.2) is 150 Å². The number of carbonyl (C=O) groups excluding carboxylic acids is 1. The number of allylic oxidation sites excluding steroid dienone is 1. The summed E-state index contributed by atoms with van der Waals surface area (Å²) in [4.78, 5) is 24.7. The number of benzene rings is 5. The summed E-state index contributed by atoms with van der Waals surface area (Å²) in [6, 6.07) is 38.4. The topological polar surface area (TPSA) is 110 Å². The van der Waals surface area contributed by atoms with Gasteiger partial charge in [0.25, 0.3) is 0 Å². The first-order valence-corrected chi connectivity index (χ1v) is 25.0. The minimum Gasteiger partial charge on any atom is -0.459 e. The minimum absolute atomic E-state index is 0.0883. The van der Waals surface area contributed by atoms with E-state index in [1.807, 2.05) is 60.7 Å². The molecule has 9 nitrogen and oxygen atoms in total. The Balaban J connectivity index is 1.24. The van der Waals surface area contributed by atoms with E-state index in [0.717, 1.165) is 87.9 Å². The highest BCUT2D eigenvalue weighted by Gasteiger charge is 2.66. The molecule has 1 amide bonds. The summed E-state index contributed by atoms with van der Waals surface area (Å²) in [5, 5.41) is 27.4. The van der Waals surface area contributed by atoms with Gasteiger partial charge in [0, 0.05) is 48.5 Å². The van der Waals surface area contributed by atoms with Gasteiger partial charge in [-0.05, 0) is 127 Å². The monoisotopic (exact) mass is 906 g/mol. The van der Waals surface area contributed by atoms with Crippen molar-refractivity contribution in [2.45, 2.75) is 93.6 Å². The fraction of sp³-hybridized carbons (Fsp3) is 0.393. The zero-order chi connectivity index (χ0) is 45.5. The van der Waals surface area contributed by atoms with Crippen molar-refractivity contribution < 1.29 is 34.1 Å². The fourth-order valence-corrected chi connectivity index (χ4v) is 11.2. The average molecular weight is 907 g/mol. The fourth-order valence-electron chi connectivity index (χ4n) is 10.8. The quantitative estimate of drug-likeness (QED) is 0.0324. The number of amides is 1. The molecule has 0 bridgehead atoms. The van der Waals surface area contributed by atoms with E-state index in [-0.39, 0.29) is 56.0 Å². The number of carbonyl (C=O) groups is 1. The van der Waals surface area contributed by atoms with E-state index in [1.54, 1.807) is 17.8 Å². The predicted molar refractivity (Wildman–Crippen MR) is 262 cm³/mol. The molecule has 5 aromatic rings. The zero-order valence-electron chi connectivity index (χ0n) is 37.9. The van der Waals surface area contributed by atoms with Gasteiger partial charge in [-0.2, -0.15) is 0 Å². The minimum atomic E-state index is -1.35. The summed E-state index contributed by atoms with van der Waals surface area (Å²) in [7, 11) is 0. The molecular formula is C56H62N2O7S. The van der Waals surface area contributed by atoms with Gasteiger partial charge in [-0.3, -0.25) is 4.79 Å². The van der Waals surface area contributed by atoms with Gasteiger partial charge < -0.3 is 34.2 Å². The lowest BCUT2D eigenvalue weighted by Gasteiger charge is -2.60. The van der Waals surface area contributed by atoms with Crippen LogP contribution in [0.2, 0.25) is 0 Å². The van der Waals surface area contributed by atoms with Gasteiger partial charge >= 0.3 is 0 Å². The highest BCUT2D eigenvalue weighted by Crippen LogP contribution is 2.62. The largest absolute Gasteiger partial charge is 0.459 e. The number of hydrogen-bond donors (Lipinski definition) is 2. The third-order valence-corrected chi connectivity index (χ3v) is 14.7.